The van der Waals surface area contributed by atoms with Gasteiger partial charge in [0.05, 0.1) is 5.39 Å². The van der Waals surface area contributed by atoms with Crippen molar-refractivity contribution >= 4 is 33.3 Å². The number of piperazine rings is 1. The van der Waals surface area contributed by atoms with Crippen LogP contribution in [0, 0.1) is 11.6 Å². The predicted molar refractivity (Wildman–Crippen MR) is 146 cm³/mol. The highest BCUT2D eigenvalue weighted by atomic mass is 19.1. The summed E-state index contributed by atoms with van der Waals surface area (Å²) in [6.07, 6.45) is 5.88. The van der Waals surface area contributed by atoms with E-state index < -0.39 is 11.6 Å². The SMILES string of the molecule is CN1CCC[C@H]1COc1nc(N2CC3CCC(C2)N3)c2cnc(-c3nc(N)cc4cccc(F)c34)c(F)c2n1. The number of hydrogen-bond donors (Lipinski definition) is 2. The van der Waals surface area contributed by atoms with Gasteiger partial charge in [0.1, 0.15) is 41.0 Å². The molecule has 2 bridgehead atoms. The smallest absolute Gasteiger partial charge is 0.319 e. The summed E-state index contributed by atoms with van der Waals surface area (Å²) in [4.78, 5) is 22.5. The Kier molecular flexibility index (Phi) is 5.93. The molecule has 3 fully saturated rings. The molecule has 0 saturated carbocycles. The number of anilines is 2. The van der Waals surface area contributed by atoms with Crippen LogP contribution in [0.5, 0.6) is 6.01 Å². The summed E-state index contributed by atoms with van der Waals surface area (Å²) in [5.74, 6) is -0.489. The molecule has 0 amide bonds. The Hall–Kier alpha value is -3.70. The molecule has 1 aromatic carbocycles. The van der Waals surface area contributed by atoms with Gasteiger partial charge in [0, 0.05) is 42.8 Å². The molecule has 11 heteroatoms. The maximum Gasteiger partial charge on any atom is 0.319 e. The number of likely N-dealkylation sites (tertiary alicyclic amines) is 1. The number of rotatable bonds is 5. The minimum atomic E-state index is -0.709. The number of halogens is 2. The van der Waals surface area contributed by atoms with Crippen molar-refractivity contribution in [3.63, 3.8) is 0 Å². The van der Waals surface area contributed by atoms with E-state index in [1.807, 2.05) is 0 Å². The first kappa shape index (κ1) is 24.3. The van der Waals surface area contributed by atoms with Gasteiger partial charge in [0.15, 0.2) is 5.82 Å². The van der Waals surface area contributed by atoms with E-state index >= 15 is 4.39 Å². The second-order valence-electron chi connectivity index (χ2n) is 10.9. The van der Waals surface area contributed by atoms with Gasteiger partial charge in [0.2, 0.25) is 0 Å². The van der Waals surface area contributed by atoms with E-state index in [1.165, 1.54) is 6.07 Å². The highest BCUT2D eigenvalue weighted by Crippen LogP contribution is 2.36. The van der Waals surface area contributed by atoms with Gasteiger partial charge in [-0.15, -0.1) is 0 Å². The summed E-state index contributed by atoms with van der Waals surface area (Å²) < 4.78 is 37.4. The molecule has 0 aliphatic carbocycles. The van der Waals surface area contributed by atoms with Crippen LogP contribution in [0.25, 0.3) is 33.1 Å². The van der Waals surface area contributed by atoms with Crippen molar-refractivity contribution in [1.82, 2.24) is 30.2 Å². The molecule has 4 aromatic rings. The van der Waals surface area contributed by atoms with Crippen LogP contribution in [-0.4, -0.2) is 76.3 Å². The zero-order chi connectivity index (χ0) is 26.7. The Bertz CT molecular complexity index is 1570. The maximum absolute atomic E-state index is 16.4. The number of nitrogens with two attached hydrogens (primary N) is 1. The Morgan fingerprint density at radius 2 is 1.90 bits per heavy atom. The van der Waals surface area contributed by atoms with E-state index in [-0.39, 0.29) is 40.2 Å². The van der Waals surface area contributed by atoms with Gasteiger partial charge >= 0.3 is 6.01 Å². The van der Waals surface area contributed by atoms with Crippen molar-refractivity contribution in [3.8, 4) is 17.4 Å². The molecule has 202 valence electrons. The lowest BCUT2D eigenvalue weighted by Gasteiger charge is -2.34. The molecule has 6 heterocycles. The molecule has 7 rings (SSSR count). The second kappa shape index (κ2) is 9.49. The van der Waals surface area contributed by atoms with E-state index in [2.05, 4.69) is 37.1 Å². The van der Waals surface area contributed by atoms with Gasteiger partial charge < -0.3 is 25.6 Å². The summed E-state index contributed by atoms with van der Waals surface area (Å²) in [6, 6.07) is 7.25. The third-order valence-corrected chi connectivity index (χ3v) is 8.29. The molecular weight excluding hydrogens is 502 g/mol. The van der Waals surface area contributed by atoms with E-state index in [0.717, 1.165) is 45.3 Å². The van der Waals surface area contributed by atoms with Crippen molar-refractivity contribution in [2.45, 2.75) is 43.8 Å². The van der Waals surface area contributed by atoms with Crippen LogP contribution in [-0.2, 0) is 0 Å². The number of benzene rings is 1. The number of likely N-dealkylation sites (N-methyl/N-ethyl adjacent to an activating group) is 1. The third-order valence-electron chi connectivity index (χ3n) is 8.29. The van der Waals surface area contributed by atoms with Gasteiger partial charge in [-0.2, -0.15) is 9.97 Å². The highest BCUT2D eigenvalue weighted by Gasteiger charge is 2.34. The first-order valence-corrected chi connectivity index (χ1v) is 13.5. The normalized spacial score (nSPS) is 23.3. The summed E-state index contributed by atoms with van der Waals surface area (Å²) in [5.41, 5.74) is 6.01. The Labute approximate surface area is 224 Å². The lowest BCUT2D eigenvalue weighted by Crippen LogP contribution is -2.51. The van der Waals surface area contributed by atoms with E-state index in [0.29, 0.717) is 35.3 Å². The second-order valence-corrected chi connectivity index (χ2v) is 10.9. The van der Waals surface area contributed by atoms with Crippen molar-refractivity contribution in [2.24, 2.45) is 0 Å². The van der Waals surface area contributed by atoms with Crippen molar-refractivity contribution < 1.29 is 13.5 Å². The van der Waals surface area contributed by atoms with Crippen LogP contribution < -0.4 is 20.7 Å². The fourth-order valence-electron chi connectivity index (χ4n) is 6.28. The van der Waals surface area contributed by atoms with Crippen LogP contribution in [0.15, 0.2) is 30.5 Å². The minimum Gasteiger partial charge on any atom is -0.462 e. The largest absolute Gasteiger partial charge is 0.462 e. The van der Waals surface area contributed by atoms with Crippen LogP contribution in [0.3, 0.4) is 0 Å². The zero-order valence-electron chi connectivity index (χ0n) is 21.7. The number of nitrogens with one attached hydrogen (secondary N) is 1. The van der Waals surface area contributed by atoms with Crippen LogP contribution >= 0.6 is 0 Å². The molecule has 2 unspecified atom stereocenters. The van der Waals surface area contributed by atoms with Gasteiger partial charge in [-0.05, 0) is 56.8 Å². The van der Waals surface area contributed by atoms with Gasteiger partial charge in [-0.1, -0.05) is 12.1 Å². The molecule has 9 nitrogen and oxygen atoms in total. The van der Waals surface area contributed by atoms with Crippen LogP contribution in [0.4, 0.5) is 20.4 Å². The molecule has 39 heavy (non-hydrogen) atoms. The first-order valence-electron chi connectivity index (χ1n) is 13.5. The number of hydrogen-bond acceptors (Lipinski definition) is 9. The van der Waals surface area contributed by atoms with Crippen molar-refractivity contribution in [1.29, 1.82) is 0 Å². The summed E-state index contributed by atoms with van der Waals surface area (Å²) in [6.45, 7) is 2.94. The van der Waals surface area contributed by atoms with E-state index in [1.54, 1.807) is 24.4 Å². The topological polar surface area (TPSA) is 105 Å². The molecule has 3 N–H and O–H groups in total. The summed E-state index contributed by atoms with van der Waals surface area (Å²) in [5, 5.41) is 4.78. The van der Waals surface area contributed by atoms with Crippen molar-refractivity contribution in [3.05, 3.63) is 42.1 Å². The molecule has 0 radical (unpaired) electrons. The third kappa shape index (κ3) is 4.29. The Morgan fingerprint density at radius 3 is 2.67 bits per heavy atom. The summed E-state index contributed by atoms with van der Waals surface area (Å²) >= 11 is 0. The standard InChI is InChI=1S/C28H30F2N8O/c1-37-9-3-5-18(37)14-39-28-35-24-19(27(36-28)38-12-16-7-8-17(13-38)33-16)11-32-26(23(24)30)25-22-15(10-21(31)34-25)4-2-6-20(22)29/h2,4,6,10-11,16-18,33H,3,5,7-9,12-14H2,1H3,(H2,31,34)/t16?,17?,18-/m0/s1. The average molecular weight is 533 g/mol. The van der Waals surface area contributed by atoms with Crippen molar-refractivity contribution in [2.75, 3.05) is 43.9 Å². The minimum absolute atomic E-state index is 0.0397. The quantitative estimate of drug-likeness (QED) is 0.399. The average Bonchev–Trinajstić information content (AvgIpc) is 3.50. The zero-order valence-corrected chi connectivity index (χ0v) is 21.7. The molecule has 3 aromatic heterocycles. The number of aromatic nitrogens is 4. The molecular formula is C28H30F2N8O. The van der Waals surface area contributed by atoms with E-state index in [4.69, 9.17) is 15.5 Å². The molecule has 3 aliphatic heterocycles. The number of ether oxygens (including phenoxy) is 1. The van der Waals surface area contributed by atoms with E-state index in [9.17, 15) is 4.39 Å². The number of pyridine rings is 2. The molecule has 3 aliphatic rings. The maximum atomic E-state index is 16.4. The number of fused-ring (bicyclic) bond motifs is 4. The fraction of sp³-hybridized carbons (Fsp3) is 0.429. The Balaban J connectivity index is 1.37. The lowest BCUT2D eigenvalue weighted by molar-refractivity contribution is 0.188. The molecule has 3 atom stereocenters. The van der Waals surface area contributed by atoms with Crippen LogP contribution in [0.1, 0.15) is 25.7 Å². The highest BCUT2D eigenvalue weighted by molar-refractivity contribution is 5.98. The fourth-order valence-corrected chi connectivity index (χ4v) is 6.28. The Morgan fingerprint density at radius 1 is 1.08 bits per heavy atom. The number of nitrogen functional groups attached to an aromatic ring is 1. The van der Waals surface area contributed by atoms with Crippen LogP contribution in [0.2, 0.25) is 0 Å². The lowest BCUT2D eigenvalue weighted by atomic mass is 10.1. The first-order chi connectivity index (χ1) is 18.9. The summed E-state index contributed by atoms with van der Waals surface area (Å²) in [7, 11) is 2.07. The predicted octanol–water partition coefficient (Wildman–Crippen LogP) is 3.51. The monoisotopic (exact) mass is 532 g/mol. The molecule has 3 saturated heterocycles. The van der Waals surface area contributed by atoms with Gasteiger partial charge in [-0.25, -0.2) is 13.8 Å². The number of nitrogens with zero attached hydrogens (tertiary/aromatic N) is 6. The van der Waals surface area contributed by atoms with Gasteiger partial charge in [0.25, 0.3) is 0 Å². The van der Waals surface area contributed by atoms with Gasteiger partial charge in [-0.3, -0.25) is 4.98 Å². The molecule has 0 spiro atoms.